The first kappa shape index (κ1) is 22.1. The molecule has 6 heteroatoms. The molecule has 0 aliphatic carbocycles. The highest BCUT2D eigenvalue weighted by atomic mass is 16.5. The highest BCUT2D eigenvalue weighted by Crippen LogP contribution is 2.29. The second kappa shape index (κ2) is 10.0. The lowest BCUT2D eigenvalue weighted by Crippen LogP contribution is -2.18. The molecule has 2 aromatic carbocycles. The van der Waals surface area contributed by atoms with E-state index in [0.717, 1.165) is 30.0 Å². The Morgan fingerprint density at radius 1 is 1.06 bits per heavy atom. The van der Waals surface area contributed by atoms with Crippen molar-refractivity contribution in [3.05, 3.63) is 101 Å². The maximum absolute atomic E-state index is 9.91. The van der Waals surface area contributed by atoms with Gasteiger partial charge >= 0.3 is 0 Å². The number of allylic oxidation sites excluding steroid dienone is 1. The van der Waals surface area contributed by atoms with E-state index in [1.807, 2.05) is 12.1 Å². The van der Waals surface area contributed by atoms with Gasteiger partial charge in [-0.2, -0.15) is 5.26 Å². The van der Waals surface area contributed by atoms with E-state index in [4.69, 9.17) is 10.1 Å². The molecule has 4 rings (SSSR count). The smallest absolute Gasteiger partial charge is 0.121 e. The molecule has 0 spiro atoms. The van der Waals surface area contributed by atoms with Crippen molar-refractivity contribution in [2.45, 2.75) is 26.4 Å². The molecule has 1 saturated heterocycles. The molecule has 0 bridgehead atoms. The van der Waals surface area contributed by atoms with Crippen LogP contribution in [0.15, 0.2) is 72.8 Å². The summed E-state index contributed by atoms with van der Waals surface area (Å²) in [6.07, 6.45) is 3.33. The Bertz CT molecular complexity index is 1200. The van der Waals surface area contributed by atoms with Gasteiger partial charge in [0.2, 0.25) is 0 Å². The Hall–Kier alpha value is -4.11. The summed E-state index contributed by atoms with van der Waals surface area (Å²) < 4.78 is 5.98. The van der Waals surface area contributed by atoms with Crippen LogP contribution in [-0.2, 0) is 6.61 Å². The van der Waals surface area contributed by atoms with Gasteiger partial charge in [0, 0.05) is 42.2 Å². The normalized spacial score (nSPS) is 12.6. The summed E-state index contributed by atoms with van der Waals surface area (Å²) in [5.74, 6) is 1.87. The van der Waals surface area contributed by atoms with Crippen molar-refractivity contribution < 1.29 is 4.74 Å². The first-order valence-corrected chi connectivity index (χ1v) is 11.0. The van der Waals surface area contributed by atoms with Crippen molar-refractivity contribution in [1.29, 1.82) is 10.7 Å². The number of hydrogen-bond donors (Lipinski definition) is 3. The quantitative estimate of drug-likeness (QED) is 0.470. The molecule has 0 saturated carbocycles. The van der Waals surface area contributed by atoms with Gasteiger partial charge in [0.25, 0.3) is 0 Å². The number of nitrogens with one attached hydrogen (secondary N) is 3. The highest BCUT2D eigenvalue weighted by Gasteiger charge is 2.22. The molecule has 1 fully saturated rings. The Balaban J connectivity index is 1.61. The Morgan fingerprint density at radius 3 is 2.39 bits per heavy atom. The average molecular weight is 438 g/mol. The maximum atomic E-state index is 9.91. The van der Waals surface area contributed by atoms with Gasteiger partial charge in [-0.3, -0.25) is 10.4 Å². The lowest BCUT2D eigenvalue weighted by atomic mass is 9.93. The van der Waals surface area contributed by atoms with Gasteiger partial charge in [-0.05, 0) is 47.4 Å². The largest absolute Gasteiger partial charge is 0.489 e. The van der Waals surface area contributed by atoms with Gasteiger partial charge in [-0.1, -0.05) is 38.1 Å². The van der Waals surface area contributed by atoms with Gasteiger partial charge in [0.05, 0.1) is 17.3 Å². The van der Waals surface area contributed by atoms with Crippen molar-refractivity contribution in [1.82, 2.24) is 15.6 Å². The van der Waals surface area contributed by atoms with Crippen LogP contribution in [0.5, 0.6) is 5.75 Å². The lowest BCUT2D eigenvalue weighted by Gasteiger charge is -2.16. The van der Waals surface area contributed by atoms with Crippen molar-refractivity contribution in [3.8, 4) is 11.8 Å². The Morgan fingerprint density at radius 2 is 1.76 bits per heavy atom. The monoisotopic (exact) mass is 437 g/mol. The summed E-state index contributed by atoms with van der Waals surface area (Å²) in [4.78, 5) is 4.05. The van der Waals surface area contributed by atoms with Crippen LogP contribution >= 0.6 is 0 Å². The second-order valence-electron chi connectivity index (χ2n) is 8.22. The summed E-state index contributed by atoms with van der Waals surface area (Å²) in [7, 11) is 0. The standard InChI is InChI=1S/C27H27N5O/c1-18(2)20-5-3-19(4-6-20)17-33-23-7-8-24(22(15-23)16-28)25(27-31-13-14-32-27)26(29)21-9-11-30-12-10-21/h3-12,15,18,29,31-32H,13-14,17H2,1-2H3. The molecule has 3 N–H and O–H groups in total. The van der Waals surface area contributed by atoms with E-state index < -0.39 is 0 Å². The fourth-order valence-electron chi connectivity index (χ4n) is 3.76. The SMILES string of the molecule is CC(C)c1ccc(COc2ccc(C(C(=N)c3ccncc3)=C3NCCN3)c(C#N)c2)cc1. The zero-order chi connectivity index (χ0) is 23.2. The number of pyridine rings is 1. The number of hydrogen-bond acceptors (Lipinski definition) is 6. The van der Waals surface area contributed by atoms with E-state index in [0.29, 0.717) is 40.7 Å². The molecule has 0 radical (unpaired) electrons. The molecule has 1 aliphatic rings. The number of ether oxygens (including phenoxy) is 1. The van der Waals surface area contributed by atoms with Crippen LogP contribution in [-0.4, -0.2) is 23.8 Å². The zero-order valence-electron chi connectivity index (χ0n) is 18.9. The van der Waals surface area contributed by atoms with E-state index in [-0.39, 0.29) is 0 Å². The van der Waals surface area contributed by atoms with Crippen LogP contribution in [0.1, 0.15) is 47.6 Å². The van der Waals surface area contributed by atoms with Crippen LogP contribution in [0.25, 0.3) is 5.57 Å². The van der Waals surface area contributed by atoms with Crippen LogP contribution in [0, 0.1) is 16.7 Å². The summed E-state index contributed by atoms with van der Waals surface area (Å²) in [6, 6.07) is 19.7. The first-order chi connectivity index (χ1) is 16.1. The van der Waals surface area contributed by atoms with Crippen molar-refractivity contribution in [2.75, 3.05) is 13.1 Å². The summed E-state index contributed by atoms with van der Waals surface area (Å²) in [5.41, 5.74) is 5.22. The molecule has 1 aromatic heterocycles. The van der Waals surface area contributed by atoms with E-state index in [9.17, 15) is 5.26 Å². The van der Waals surface area contributed by atoms with Crippen LogP contribution in [0.3, 0.4) is 0 Å². The predicted molar refractivity (Wildman–Crippen MR) is 130 cm³/mol. The lowest BCUT2D eigenvalue weighted by molar-refractivity contribution is 0.306. The average Bonchev–Trinajstić information content (AvgIpc) is 3.38. The third kappa shape index (κ3) is 5.04. The third-order valence-corrected chi connectivity index (χ3v) is 5.63. The predicted octanol–water partition coefficient (Wildman–Crippen LogP) is 4.59. The minimum absolute atomic E-state index is 0.324. The summed E-state index contributed by atoms with van der Waals surface area (Å²) in [6.45, 7) is 6.30. The van der Waals surface area contributed by atoms with Gasteiger partial charge in [-0.15, -0.1) is 0 Å². The number of aromatic nitrogens is 1. The molecule has 0 atom stereocenters. The summed E-state index contributed by atoms with van der Waals surface area (Å²) in [5, 5.41) is 25.4. The van der Waals surface area contributed by atoms with Gasteiger partial charge < -0.3 is 15.4 Å². The number of benzene rings is 2. The number of rotatable bonds is 7. The van der Waals surface area contributed by atoms with Crippen LogP contribution < -0.4 is 15.4 Å². The minimum Gasteiger partial charge on any atom is -0.489 e. The molecular weight excluding hydrogens is 410 g/mol. The van der Waals surface area contributed by atoms with E-state index in [2.05, 4.69) is 59.8 Å². The molecule has 0 amide bonds. The van der Waals surface area contributed by atoms with Gasteiger partial charge in [0.1, 0.15) is 18.2 Å². The third-order valence-electron chi connectivity index (χ3n) is 5.63. The molecule has 166 valence electrons. The molecule has 6 nitrogen and oxygen atoms in total. The molecule has 33 heavy (non-hydrogen) atoms. The van der Waals surface area contributed by atoms with Gasteiger partial charge in [-0.25, -0.2) is 0 Å². The summed E-state index contributed by atoms with van der Waals surface area (Å²) >= 11 is 0. The van der Waals surface area contributed by atoms with Crippen LogP contribution in [0.2, 0.25) is 0 Å². The molecule has 3 aromatic rings. The topological polar surface area (TPSA) is 93.8 Å². The molecule has 0 unspecified atom stereocenters. The molecule has 2 heterocycles. The van der Waals surface area contributed by atoms with Gasteiger partial charge in [0.15, 0.2) is 0 Å². The van der Waals surface area contributed by atoms with Crippen molar-refractivity contribution in [3.63, 3.8) is 0 Å². The number of nitriles is 1. The Kier molecular flexibility index (Phi) is 6.70. The van der Waals surface area contributed by atoms with E-state index in [1.165, 1.54) is 5.56 Å². The fourth-order valence-corrected chi connectivity index (χ4v) is 3.76. The highest BCUT2D eigenvalue weighted by molar-refractivity contribution is 6.31. The van der Waals surface area contributed by atoms with E-state index >= 15 is 0 Å². The Labute approximate surface area is 194 Å². The number of nitrogens with zero attached hydrogens (tertiary/aromatic N) is 2. The zero-order valence-corrected chi connectivity index (χ0v) is 18.9. The maximum Gasteiger partial charge on any atom is 0.121 e. The first-order valence-electron chi connectivity index (χ1n) is 11.0. The molecule has 1 aliphatic heterocycles. The van der Waals surface area contributed by atoms with E-state index in [1.54, 1.807) is 30.6 Å². The minimum atomic E-state index is 0.324. The van der Waals surface area contributed by atoms with Crippen LogP contribution in [0.4, 0.5) is 0 Å². The molecular formula is C27H27N5O. The van der Waals surface area contributed by atoms with Crippen molar-refractivity contribution >= 4 is 11.3 Å². The van der Waals surface area contributed by atoms with Crippen molar-refractivity contribution in [2.24, 2.45) is 0 Å². The fraction of sp³-hybridized carbons (Fsp3) is 0.222. The second-order valence-corrected chi connectivity index (χ2v) is 8.22.